The summed E-state index contributed by atoms with van der Waals surface area (Å²) in [6.45, 7) is 2.05. The average Bonchev–Trinajstić information content (AvgIpc) is 2.02. The minimum absolute atomic E-state index is 0.370. The summed E-state index contributed by atoms with van der Waals surface area (Å²) < 4.78 is 0. The normalized spacial score (nSPS) is 11.5. The zero-order valence-corrected chi connectivity index (χ0v) is 7.74. The zero-order chi connectivity index (χ0) is 11.1. The van der Waals surface area contributed by atoms with Gasteiger partial charge in [-0.2, -0.15) is 0 Å². The molecule has 0 aliphatic heterocycles. The topological polar surface area (TPSA) is 122 Å². The van der Waals surface area contributed by atoms with Gasteiger partial charge in [-0.25, -0.2) is 9.59 Å². The van der Waals surface area contributed by atoms with Crippen molar-refractivity contribution >= 4 is 17.9 Å². The van der Waals surface area contributed by atoms with Crippen LogP contribution >= 0.6 is 0 Å². The summed E-state index contributed by atoms with van der Waals surface area (Å²) in [5.74, 6) is -2.08. The van der Waals surface area contributed by atoms with Crippen molar-refractivity contribution in [2.45, 2.75) is 19.4 Å². The van der Waals surface area contributed by atoms with Crippen molar-refractivity contribution < 1.29 is 19.5 Å². The predicted octanol–water partition coefficient (Wildman–Crippen LogP) is -1.37. The first-order valence-corrected chi connectivity index (χ1v) is 4.02. The van der Waals surface area contributed by atoms with Crippen molar-refractivity contribution in [1.29, 1.82) is 0 Å². The van der Waals surface area contributed by atoms with E-state index in [1.165, 1.54) is 0 Å². The lowest BCUT2D eigenvalue weighted by Gasteiger charge is -2.12. The fourth-order valence-corrected chi connectivity index (χ4v) is 0.771. The monoisotopic (exact) mass is 203 g/mol. The molecule has 0 radical (unpaired) electrons. The Morgan fingerprint density at radius 3 is 2.36 bits per heavy atom. The predicted molar refractivity (Wildman–Crippen MR) is 47.4 cm³/mol. The number of urea groups is 1. The average molecular weight is 203 g/mol. The summed E-state index contributed by atoms with van der Waals surface area (Å²) in [6.07, 6.45) is -0.424. The number of carboxylic acids is 1. The lowest BCUT2D eigenvalue weighted by molar-refractivity contribution is -0.140. The molecule has 0 unspecified atom stereocenters. The highest BCUT2D eigenvalue weighted by molar-refractivity contribution is 5.87. The molecule has 0 aliphatic carbocycles. The molecule has 0 rings (SSSR count). The van der Waals surface area contributed by atoms with Gasteiger partial charge in [0, 0.05) is 6.54 Å². The number of carboxylic acid groups (broad SMARTS) is 1. The number of nitrogens with one attached hydrogen (secondary N) is 2. The van der Waals surface area contributed by atoms with Crippen molar-refractivity contribution in [2.24, 2.45) is 5.73 Å². The molecule has 3 amide bonds. The van der Waals surface area contributed by atoms with E-state index in [0.29, 0.717) is 6.54 Å². The minimum atomic E-state index is -1.30. The molecular weight excluding hydrogens is 190 g/mol. The molecule has 0 aromatic heterocycles. The van der Waals surface area contributed by atoms with Crippen LogP contribution in [0, 0.1) is 0 Å². The number of carbonyl (C=O) groups excluding carboxylic acids is 2. The van der Waals surface area contributed by atoms with Crippen molar-refractivity contribution in [1.82, 2.24) is 10.6 Å². The van der Waals surface area contributed by atoms with Gasteiger partial charge in [-0.05, 0) is 6.92 Å². The van der Waals surface area contributed by atoms with Crippen LogP contribution in [-0.4, -0.2) is 35.6 Å². The fourth-order valence-electron chi connectivity index (χ4n) is 0.771. The zero-order valence-electron chi connectivity index (χ0n) is 7.74. The first-order valence-electron chi connectivity index (χ1n) is 4.02. The molecule has 80 valence electrons. The van der Waals surface area contributed by atoms with Crippen molar-refractivity contribution in [3.05, 3.63) is 0 Å². The van der Waals surface area contributed by atoms with E-state index < -0.39 is 30.4 Å². The number of aliphatic carboxylic acids is 1. The van der Waals surface area contributed by atoms with Gasteiger partial charge in [0.2, 0.25) is 5.91 Å². The fraction of sp³-hybridized carbons (Fsp3) is 0.571. The molecule has 7 heteroatoms. The second kappa shape index (κ2) is 5.79. The molecule has 0 spiro atoms. The SMILES string of the molecule is CCNC(=O)N[C@@H](CC(N)=O)C(=O)O. The summed E-state index contributed by atoms with van der Waals surface area (Å²) in [6, 6.07) is -1.92. The van der Waals surface area contributed by atoms with Gasteiger partial charge in [0.15, 0.2) is 0 Å². The number of nitrogens with two attached hydrogens (primary N) is 1. The van der Waals surface area contributed by atoms with Gasteiger partial charge in [0.05, 0.1) is 6.42 Å². The number of hydrogen-bond acceptors (Lipinski definition) is 3. The molecule has 0 heterocycles. The Kier molecular flexibility index (Phi) is 5.05. The van der Waals surface area contributed by atoms with Crippen LogP contribution < -0.4 is 16.4 Å². The summed E-state index contributed by atoms with van der Waals surface area (Å²) >= 11 is 0. The minimum Gasteiger partial charge on any atom is -0.480 e. The summed E-state index contributed by atoms with van der Waals surface area (Å²) in [5.41, 5.74) is 4.81. The molecule has 0 aromatic carbocycles. The van der Waals surface area contributed by atoms with Gasteiger partial charge in [-0.1, -0.05) is 0 Å². The van der Waals surface area contributed by atoms with E-state index in [2.05, 4.69) is 10.6 Å². The number of rotatable bonds is 5. The number of carbonyl (C=O) groups is 3. The van der Waals surface area contributed by atoms with E-state index >= 15 is 0 Å². The first kappa shape index (κ1) is 12.2. The lowest BCUT2D eigenvalue weighted by Crippen LogP contribution is -2.47. The van der Waals surface area contributed by atoms with Gasteiger partial charge < -0.3 is 21.5 Å². The third-order valence-corrected chi connectivity index (χ3v) is 1.35. The van der Waals surface area contributed by atoms with Gasteiger partial charge in [0.25, 0.3) is 0 Å². The van der Waals surface area contributed by atoms with E-state index in [4.69, 9.17) is 10.8 Å². The second-order valence-corrected chi connectivity index (χ2v) is 2.57. The maximum absolute atomic E-state index is 10.9. The quantitative estimate of drug-likeness (QED) is 0.440. The summed E-state index contributed by atoms with van der Waals surface area (Å²) in [7, 11) is 0. The first-order chi connectivity index (χ1) is 6.47. The third kappa shape index (κ3) is 4.96. The Bertz CT molecular complexity index is 241. The third-order valence-electron chi connectivity index (χ3n) is 1.35. The van der Waals surface area contributed by atoms with E-state index in [9.17, 15) is 14.4 Å². The highest BCUT2D eigenvalue weighted by atomic mass is 16.4. The Hall–Kier alpha value is -1.79. The van der Waals surface area contributed by atoms with Gasteiger partial charge >= 0.3 is 12.0 Å². The van der Waals surface area contributed by atoms with Gasteiger partial charge in [0.1, 0.15) is 6.04 Å². The number of primary amides is 1. The van der Waals surface area contributed by atoms with Crippen molar-refractivity contribution in [3.8, 4) is 0 Å². The Morgan fingerprint density at radius 2 is 2.00 bits per heavy atom. The lowest BCUT2D eigenvalue weighted by atomic mass is 10.2. The summed E-state index contributed by atoms with van der Waals surface area (Å²) in [5, 5.41) is 13.0. The molecule has 0 saturated heterocycles. The molecule has 0 fully saturated rings. The molecule has 0 saturated carbocycles. The van der Waals surface area contributed by atoms with E-state index in [1.807, 2.05) is 0 Å². The van der Waals surface area contributed by atoms with E-state index in [0.717, 1.165) is 0 Å². The number of amides is 3. The Labute approximate surface area is 80.6 Å². The highest BCUT2D eigenvalue weighted by Gasteiger charge is 2.21. The second-order valence-electron chi connectivity index (χ2n) is 2.57. The van der Waals surface area contributed by atoms with E-state index in [-0.39, 0.29) is 0 Å². The van der Waals surface area contributed by atoms with Crippen molar-refractivity contribution in [2.75, 3.05) is 6.54 Å². The largest absolute Gasteiger partial charge is 0.480 e. The Morgan fingerprint density at radius 1 is 1.43 bits per heavy atom. The highest BCUT2D eigenvalue weighted by Crippen LogP contribution is 1.91. The smallest absolute Gasteiger partial charge is 0.326 e. The van der Waals surface area contributed by atoms with Crippen LogP contribution in [0.25, 0.3) is 0 Å². The van der Waals surface area contributed by atoms with Crippen LogP contribution in [0.15, 0.2) is 0 Å². The maximum Gasteiger partial charge on any atom is 0.326 e. The molecule has 1 atom stereocenters. The van der Waals surface area contributed by atoms with Crippen molar-refractivity contribution in [3.63, 3.8) is 0 Å². The number of hydrogen-bond donors (Lipinski definition) is 4. The van der Waals surface area contributed by atoms with Crippen LogP contribution in [0.3, 0.4) is 0 Å². The van der Waals surface area contributed by atoms with Gasteiger partial charge in [-0.15, -0.1) is 0 Å². The molecule has 0 aromatic rings. The molecule has 14 heavy (non-hydrogen) atoms. The molecule has 0 bridgehead atoms. The molecule has 5 N–H and O–H groups in total. The van der Waals surface area contributed by atoms with Crippen LogP contribution in [0.1, 0.15) is 13.3 Å². The van der Waals surface area contributed by atoms with Crippen LogP contribution in [0.4, 0.5) is 4.79 Å². The standard InChI is InChI=1S/C7H13N3O4/c1-2-9-7(14)10-4(6(12)13)3-5(8)11/h4H,2-3H2,1H3,(H2,8,11)(H,12,13)(H2,9,10,14)/t4-/m0/s1. The molecule has 7 nitrogen and oxygen atoms in total. The molecular formula is C7H13N3O4. The molecule has 0 aliphatic rings. The van der Waals surface area contributed by atoms with Gasteiger partial charge in [-0.3, -0.25) is 4.79 Å². The maximum atomic E-state index is 10.9. The summed E-state index contributed by atoms with van der Waals surface area (Å²) in [4.78, 5) is 31.9. The van der Waals surface area contributed by atoms with Crippen LogP contribution in [-0.2, 0) is 9.59 Å². The Balaban J connectivity index is 4.16. The van der Waals surface area contributed by atoms with Crippen LogP contribution in [0.5, 0.6) is 0 Å². The van der Waals surface area contributed by atoms with Crippen LogP contribution in [0.2, 0.25) is 0 Å². The van der Waals surface area contributed by atoms with E-state index in [1.54, 1.807) is 6.92 Å².